The summed E-state index contributed by atoms with van der Waals surface area (Å²) in [6.45, 7) is 9.16. The molecular weight excluding hydrogens is 382 g/mol. The number of anilines is 1. The minimum absolute atomic E-state index is 0.0490. The third-order valence-corrected chi connectivity index (χ3v) is 4.56. The smallest absolute Gasteiger partial charge is 0.340 e. The van der Waals surface area contributed by atoms with Crippen LogP contribution < -0.4 is 16.0 Å². The number of nitrogens with one attached hydrogen (secondary N) is 3. The number of urea groups is 1. The number of hydrogen-bond acceptors (Lipinski definition) is 4. The van der Waals surface area contributed by atoms with Gasteiger partial charge in [-0.25, -0.2) is 9.59 Å². The fraction of sp³-hybridized carbons (Fsp3) is 0.348. The van der Waals surface area contributed by atoms with Gasteiger partial charge in [-0.3, -0.25) is 4.79 Å². The van der Waals surface area contributed by atoms with Crippen LogP contribution in [0.2, 0.25) is 0 Å². The second-order valence-electron chi connectivity index (χ2n) is 7.51. The molecule has 0 aliphatic heterocycles. The number of rotatable bonds is 7. The molecule has 0 aliphatic carbocycles. The van der Waals surface area contributed by atoms with Gasteiger partial charge in [0.25, 0.3) is 5.91 Å². The van der Waals surface area contributed by atoms with E-state index in [2.05, 4.69) is 16.0 Å². The number of aryl methyl sites for hydroxylation is 2. The maximum absolute atomic E-state index is 12.4. The fourth-order valence-corrected chi connectivity index (χ4v) is 2.80. The highest BCUT2D eigenvalue weighted by atomic mass is 16.5. The summed E-state index contributed by atoms with van der Waals surface area (Å²) >= 11 is 0. The van der Waals surface area contributed by atoms with E-state index >= 15 is 0 Å². The maximum atomic E-state index is 12.4. The van der Waals surface area contributed by atoms with Gasteiger partial charge < -0.3 is 20.7 Å². The lowest BCUT2D eigenvalue weighted by atomic mass is 10.0. The molecular formula is C23H29N3O4. The zero-order chi connectivity index (χ0) is 22.3. The van der Waals surface area contributed by atoms with E-state index in [1.807, 2.05) is 52.8 Å². The van der Waals surface area contributed by atoms with E-state index in [9.17, 15) is 14.4 Å². The van der Waals surface area contributed by atoms with Crippen molar-refractivity contribution in [2.75, 3.05) is 11.9 Å². The summed E-state index contributed by atoms with van der Waals surface area (Å²) in [5.74, 6) is -1.10. The third-order valence-electron chi connectivity index (χ3n) is 4.56. The van der Waals surface area contributed by atoms with Crippen molar-refractivity contribution in [3.63, 3.8) is 0 Å². The Balaban J connectivity index is 1.94. The summed E-state index contributed by atoms with van der Waals surface area (Å²) in [5, 5.41) is 8.13. The second kappa shape index (κ2) is 10.4. The Morgan fingerprint density at radius 1 is 0.933 bits per heavy atom. The van der Waals surface area contributed by atoms with Gasteiger partial charge in [0.1, 0.15) is 0 Å². The van der Waals surface area contributed by atoms with E-state index in [1.54, 1.807) is 18.2 Å². The summed E-state index contributed by atoms with van der Waals surface area (Å²) in [6, 6.07) is 11.8. The van der Waals surface area contributed by atoms with Crippen LogP contribution in [-0.4, -0.2) is 30.6 Å². The molecule has 160 valence electrons. The fourth-order valence-electron chi connectivity index (χ4n) is 2.80. The average molecular weight is 412 g/mol. The van der Waals surface area contributed by atoms with Crippen LogP contribution in [0.25, 0.3) is 0 Å². The van der Waals surface area contributed by atoms with Crippen LogP contribution >= 0.6 is 0 Å². The molecule has 7 nitrogen and oxygen atoms in total. The average Bonchev–Trinajstić information content (AvgIpc) is 2.68. The Bertz CT molecular complexity index is 924. The molecule has 3 N–H and O–H groups in total. The van der Waals surface area contributed by atoms with Crippen LogP contribution in [0.5, 0.6) is 0 Å². The molecule has 0 radical (unpaired) electrons. The van der Waals surface area contributed by atoms with Gasteiger partial charge in [0.05, 0.1) is 17.3 Å². The highest BCUT2D eigenvalue weighted by molar-refractivity contribution is 6.01. The Kier molecular flexibility index (Phi) is 7.98. The number of amides is 3. The molecule has 30 heavy (non-hydrogen) atoms. The van der Waals surface area contributed by atoms with Crippen molar-refractivity contribution in [1.82, 2.24) is 10.6 Å². The summed E-state index contributed by atoms with van der Waals surface area (Å²) in [5.41, 5.74) is 3.78. The van der Waals surface area contributed by atoms with Crippen molar-refractivity contribution in [3.8, 4) is 0 Å². The molecule has 0 bridgehead atoms. The van der Waals surface area contributed by atoms with Crippen LogP contribution in [0.3, 0.4) is 0 Å². The first-order chi connectivity index (χ1) is 14.2. The lowest BCUT2D eigenvalue weighted by molar-refractivity contribution is -0.124. The van der Waals surface area contributed by atoms with Gasteiger partial charge in [-0.15, -0.1) is 0 Å². The van der Waals surface area contributed by atoms with Gasteiger partial charge in [0, 0.05) is 6.04 Å². The van der Waals surface area contributed by atoms with Crippen molar-refractivity contribution in [1.29, 1.82) is 0 Å². The van der Waals surface area contributed by atoms with Gasteiger partial charge in [-0.2, -0.15) is 0 Å². The van der Waals surface area contributed by atoms with E-state index in [0.717, 1.165) is 11.1 Å². The first-order valence-corrected chi connectivity index (χ1v) is 9.87. The lowest BCUT2D eigenvalue weighted by Gasteiger charge is -2.16. The summed E-state index contributed by atoms with van der Waals surface area (Å²) in [4.78, 5) is 36.6. The largest absolute Gasteiger partial charge is 0.452 e. The summed E-state index contributed by atoms with van der Waals surface area (Å²) < 4.78 is 5.15. The van der Waals surface area contributed by atoms with E-state index in [1.165, 1.54) is 11.6 Å². The van der Waals surface area contributed by atoms with Crippen LogP contribution in [0.1, 0.15) is 53.9 Å². The van der Waals surface area contributed by atoms with Crippen LogP contribution in [0.4, 0.5) is 10.5 Å². The molecule has 0 spiro atoms. The van der Waals surface area contributed by atoms with Crippen molar-refractivity contribution < 1.29 is 19.1 Å². The van der Waals surface area contributed by atoms with E-state index in [0.29, 0.717) is 5.69 Å². The van der Waals surface area contributed by atoms with Crippen molar-refractivity contribution in [2.24, 2.45) is 0 Å². The van der Waals surface area contributed by atoms with Gasteiger partial charge in [-0.05, 0) is 63.4 Å². The molecule has 0 saturated heterocycles. The summed E-state index contributed by atoms with van der Waals surface area (Å²) in [7, 11) is 0. The molecule has 2 aromatic carbocycles. The standard InChI is InChI=1S/C23H29N3O4/c1-14(2)24-23(29)26-20-9-7-6-8-19(20)22(28)30-13-21(27)25-17(5)18-11-10-15(3)16(4)12-18/h6-12,14,17H,13H2,1-5H3,(H,25,27)(H2,24,26,29). The molecule has 3 amide bonds. The van der Waals surface area contributed by atoms with Gasteiger partial charge in [-0.1, -0.05) is 30.3 Å². The molecule has 0 aromatic heterocycles. The number of ether oxygens (including phenoxy) is 1. The van der Waals surface area contributed by atoms with Crippen molar-refractivity contribution in [3.05, 3.63) is 64.7 Å². The normalized spacial score (nSPS) is 11.5. The minimum atomic E-state index is -0.690. The molecule has 0 heterocycles. The Morgan fingerprint density at radius 2 is 1.63 bits per heavy atom. The number of benzene rings is 2. The first-order valence-electron chi connectivity index (χ1n) is 9.87. The van der Waals surface area contributed by atoms with Gasteiger partial charge >= 0.3 is 12.0 Å². The van der Waals surface area contributed by atoms with Crippen LogP contribution in [-0.2, 0) is 9.53 Å². The predicted octanol–water partition coefficient (Wildman–Crippen LogP) is 3.87. The number of esters is 1. The Labute approximate surface area is 177 Å². The SMILES string of the molecule is Cc1ccc(C(C)NC(=O)COC(=O)c2ccccc2NC(=O)NC(C)C)cc1C. The molecule has 2 rings (SSSR count). The second-order valence-corrected chi connectivity index (χ2v) is 7.51. The molecule has 1 atom stereocenters. The molecule has 0 fully saturated rings. The predicted molar refractivity (Wildman–Crippen MR) is 116 cm³/mol. The molecule has 7 heteroatoms. The van der Waals surface area contributed by atoms with Gasteiger partial charge in [0.15, 0.2) is 6.61 Å². The highest BCUT2D eigenvalue weighted by Crippen LogP contribution is 2.18. The monoisotopic (exact) mass is 411 g/mol. The van der Waals surface area contributed by atoms with E-state index in [4.69, 9.17) is 4.74 Å². The molecule has 2 aromatic rings. The lowest BCUT2D eigenvalue weighted by Crippen LogP contribution is -2.34. The molecule has 0 aliphatic rings. The summed E-state index contributed by atoms with van der Waals surface area (Å²) in [6.07, 6.45) is 0. The van der Waals surface area contributed by atoms with Crippen molar-refractivity contribution >= 4 is 23.6 Å². The van der Waals surface area contributed by atoms with E-state index < -0.39 is 24.5 Å². The zero-order valence-corrected chi connectivity index (χ0v) is 18.0. The number of carbonyl (C=O) groups excluding carboxylic acids is 3. The maximum Gasteiger partial charge on any atom is 0.340 e. The molecule has 0 saturated carbocycles. The Hall–Kier alpha value is -3.35. The third kappa shape index (κ3) is 6.62. The quantitative estimate of drug-likeness (QED) is 0.603. The molecule has 1 unspecified atom stereocenters. The first kappa shape index (κ1) is 22.9. The number of carbonyl (C=O) groups is 3. The van der Waals surface area contributed by atoms with Crippen LogP contribution in [0.15, 0.2) is 42.5 Å². The Morgan fingerprint density at radius 3 is 2.30 bits per heavy atom. The van der Waals surface area contributed by atoms with Gasteiger partial charge in [0.2, 0.25) is 0 Å². The van der Waals surface area contributed by atoms with E-state index in [-0.39, 0.29) is 17.6 Å². The zero-order valence-electron chi connectivity index (χ0n) is 18.0. The topological polar surface area (TPSA) is 96.5 Å². The minimum Gasteiger partial charge on any atom is -0.452 e. The number of para-hydroxylation sites is 1. The number of hydrogen-bond donors (Lipinski definition) is 3. The highest BCUT2D eigenvalue weighted by Gasteiger charge is 2.17. The van der Waals surface area contributed by atoms with Crippen LogP contribution in [0, 0.1) is 13.8 Å². The van der Waals surface area contributed by atoms with Crippen molar-refractivity contribution in [2.45, 2.75) is 46.7 Å².